The first kappa shape index (κ1) is 11.3. The lowest BCUT2D eigenvalue weighted by Gasteiger charge is -2.07. The van der Waals surface area contributed by atoms with Gasteiger partial charge in [-0.05, 0) is 0 Å². The molecule has 0 spiro atoms. The van der Waals surface area contributed by atoms with Crippen molar-refractivity contribution in [2.45, 2.75) is 6.73 Å². The Kier molecular flexibility index (Phi) is 3.52. The van der Waals surface area contributed by atoms with Crippen LogP contribution < -0.4 is 0 Å². The molecule has 17 heavy (non-hydrogen) atoms. The number of aromatic nitrogens is 2. The summed E-state index contributed by atoms with van der Waals surface area (Å²) in [7, 11) is 1.60. The Bertz CT molecular complexity index is 505. The first-order valence-corrected chi connectivity index (χ1v) is 5.14. The first-order chi connectivity index (χ1) is 8.36. The van der Waals surface area contributed by atoms with E-state index in [1.807, 2.05) is 30.3 Å². The lowest BCUT2D eigenvalue weighted by atomic mass is 10.1. The predicted molar refractivity (Wildman–Crippen MR) is 63.1 cm³/mol. The Balaban J connectivity index is 2.40. The number of benzene rings is 1. The summed E-state index contributed by atoms with van der Waals surface area (Å²) in [4.78, 5) is 4.17. The molecule has 0 saturated heterocycles. The second kappa shape index (κ2) is 5.27. The van der Waals surface area contributed by atoms with Crippen LogP contribution in [0.5, 0.6) is 0 Å². The average molecular weight is 231 g/mol. The molecule has 0 radical (unpaired) electrons. The molecule has 5 nitrogen and oxygen atoms in total. The van der Waals surface area contributed by atoms with Crippen molar-refractivity contribution in [2.24, 2.45) is 5.16 Å². The molecule has 0 unspecified atom stereocenters. The van der Waals surface area contributed by atoms with E-state index in [2.05, 4.69) is 10.1 Å². The first-order valence-electron chi connectivity index (χ1n) is 5.14. The third-order valence-corrected chi connectivity index (χ3v) is 2.34. The third kappa shape index (κ3) is 2.34. The van der Waals surface area contributed by atoms with Crippen LogP contribution in [-0.2, 0) is 11.5 Å². The minimum absolute atomic E-state index is 0.362. The van der Waals surface area contributed by atoms with Crippen molar-refractivity contribution in [3.05, 3.63) is 54.1 Å². The van der Waals surface area contributed by atoms with Gasteiger partial charge in [-0.3, -0.25) is 0 Å². The van der Waals surface area contributed by atoms with Crippen LogP contribution in [0.25, 0.3) is 0 Å². The fourth-order valence-electron chi connectivity index (χ4n) is 1.60. The van der Waals surface area contributed by atoms with Crippen molar-refractivity contribution in [2.75, 3.05) is 7.11 Å². The second-order valence-electron chi connectivity index (χ2n) is 3.45. The fourth-order valence-corrected chi connectivity index (χ4v) is 1.60. The number of oxime groups is 1. The molecule has 1 aromatic heterocycles. The zero-order valence-electron chi connectivity index (χ0n) is 9.45. The van der Waals surface area contributed by atoms with Gasteiger partial charge in [-0.2, -0.15) is 0 Å². The van der Waals surface area contributed by atoms with Gasteiger partial charge in [0.1, 0.15) is 6.73 Å². The molecule has 0 bridgehead atoms. The molecule has 2 aromatic rings. The average Bonchev–Trinajstić information content (AvgIpc) is 2.81. The van der Waals surface area contributed by atoms with Crippen LogP contribution >= 0.6 is 0 Å². The lowest BCUT2D eigenvalue weighted by Crippen LogP contribution is -2.13. The summed E-state index contributed by atoms with van der Waals surface area (Å²) in [6, 6.07) is 9.39. The van der Waals surface area contributed by atoms with Crippen LogP contribution in [0, 0.1) is 0 Å². The van der Waals surface area contributed by atoms with Crippen LogP contribution in [-0.4, -0.2) is 27.6 Å². The van der Waals surface area contributed by atoms with E-state index in [9.17, 15) is 0 Å². The van der Waals surface area contributed by atoms with Gasteiger partial charge >= 0.3 is 0 Å². The summed E-state index contributed by atoms with van der Waals surface area (Å²) in [5.41, 5.74) is 1.23. The normalized spacial score (nSPS) is 11.7. The maximum Gasteiger partial charge on any atom is 0.164 e. The number of rotatable bonds is 4. The highest BCUT2D eigenvalue weighted by Crippen LogP contribution is 2.09. The van der Waals surface area contributed by atoms with E-state index in [-0.39, 0.29) is 0 Å². The van der Waals surface area contributed by atoms with Gasteiger partial charge in [0.25, 0.3) is 0 Å². The molecule has 0 aliphatic heterocycles. The third-order valence-electron chi connectivity index (χ3n) is 2.34. The highest BCUT2D eigenvalue weighted by Gasteiger charge is 2.13. The van der Waals surface area contributed by atoms with Crippen molar-refractivity contribution in [1.29, 1.82) is 0 Å². The van der Waals surface area contributed by atoms with Crippen molar-refractivity contribution >= 4 is 5.71 Å². The predicted octanol–water partition coefficient (Wildman–Crippen LogP) is 1.71. The maximum absolute atomic E-state index is 9.14. The van der Waals surface area contributed by atoms with E-state index in [1.165, 1.54) is 0 Å². The zero-order chi connectivity index (χ0) is 12.1. The molecule has 1 heterocycles. The molecule has 2 rings (SSSR count). The number of hydrogen-bond donors (Lipinski definition) is 1. The van der Waals surface area contributed by atoms with Gasteiger partial charge in [0, 0.05) is 25.1 Å². The number of hydrogen-bond acceptors (Lipinski definition) is 4. The van der Waals surface area contributed by atoms with E-state index >= 15 is 0 Å². The van der Waals surface area contributed by atoms with Crippen LogP contribution in [0.3, 0.4) is 0 Å². The fraction of sp³-hybridized carbons (Fsp3) is 0.167. The Labute approximate surface area is 99.0 Å². The molecule has 0 aliphatic carbocycles. The van der Waals surface area contributed by atoms with Crippen molar-refractivity contribution in [1.82, 2.24) is 9.55 Å². The molecule has 0 atom stereocenters. The molecule has 0 fully saturated rings. The molecular formula is C12H13N3O2. The van der Waals surface area contributed by atoms with Gasteiger partial charge in [0.05, 0.1) is 0 Å². The van der Waals surface area contributed by atoms with Crippen molar-refractivity contribution in [3.63, 3.8) is 0 Å². The summed E-state index contributed by atoms with van der Waals surface area (Å²) in [6.07, 6.45) is 3.41. The van der Waals surface area contributed by atoms with Gasteiger partial charge in [-0.15, -0.1) is 0 Å². The summed E-state index contributed by atoms with van der Waals surface area (Å²) in [5.74, 6) is 0.570. The van der Waals surface area contributed by atoms with Gasteiger partial charge in [-0.1, -0.05) is 35.5 Å². The Morgan fingerprint density at radius 1 is 1.41 bits per heavy atom. The Morgan fingerprint density at radius 2 is 2.18 bits per heavy atom. The second-order valence-corrected chi connectivity index (χ2v) is 3.45. The highest BCUT2D eigenvalue weighted by molar-refractivity contribution is 6.10. The molecule has 0 saturated carbocycles. The molecule has 0 aliphatic rings. The molecule has 1 aromatic carbocycles. The SMILES string of the molecule is COCn1ccnc1/C(=N/O)c1ccccc1. The van der Waals surface area contributed by atoms with E-state index in [0.717, 1.165) is 5.56 Å². The van der Waals surface area contributed by atoms with E-state index in [4.69, 9.17) is 9.94 Å². The molecule has 5 heteroatoms. The number of ether oxygens (including phenoxy) is 1. The maximum atomic E-state index is 9.14. The molecular weight excluding hydrogens is 218 g/mol. The Hall–Kier alpha value is -2.14. The van der Waals surface area contributed by atoms with Crippen LogP contribution in [0.1, 0.15) is 11.4 Å². The van der Waals surface area contributed by atoms with Crippen LogP contribution in [0.2, 0.25) is 0 Å². The number of imidazole rings is 1. The monoisotopic (exact) mass is 231 g/mol. The summed E-state index contributed by atoms with van der Waals surface area (Å²) < 4.78 is 6.81. The van der Waals surface area contributed by atoms with Crippen molar-refractivity contribution < 1.29 is 9.94 Å². The van der Waals surface area contributed by atoms with E-state index in [0.29, 0.717) is 18.3 Å². The van der Waals surface area contributed by atoms with Crippen LogP contribution in [0.15, 0.2) is 47.9 Å². The molecule has 0 amide bonds. The molecule has 88 valence electrons. The largest absolute Gasteiger partial charge is 0.410 e. The number of methoxy groups -OCH3 is 1. The minimum Gasteiger partial charge on any atom is -0.410 e. The van der Waals surface area contributed by atoms with Crippen LogP contribution in [0.4, 0.5) is 0 Å². The summed E-state index contributed by atoms with van der Waals surface area (Å²) in [6.45, 7) is 0.362. The van der Waals surface area contributed by atoms with E-state index in [1.54, 1.807) is 24.1 Å². The standard InChI is InChI=1S/C12H13N3O2/c1-17-9-15-8-7-13-12(15)11(14-16)10-5-3-2-4-6-10/h2-8,16H,9H2,1H3/b14-11+. The lowest BCUT2D eigenvalue weighted by molar-refractivity contribution is 0.130. The summed E-state index contributed by atoms with van der Waals surface area (Å²) in [5, 5.41) is 12.5. The highest BCUT2D eigenvalue weighted by atomic mass is 16.5. The van der Waals surface area contributed by atoms with Crippen molar-refractivity contribution in [3.8, 4) is 0 Å². The number of nitrogens with zero attached hydrogens (tertiary/aromatic N) is 3. The van der Waals surface area contributed by atoms with E-state index < -0.39 is 0 Å². The van der Waals surface area contributed by atoms with Gasteiger partial charge < -0.3 is 14.5 Å². The zero-order valence-corrected chi connectivity index (χ0v) is 9.45. The summed E-state index contributed by atoms with van der Waals surface area (Å²) >= 11 is 0. The smallest absolute Gasteiger partial charge is 0.164 e. The molecule has 1 N–H and O–H groups in total. The minimum atomic E-state index is 0.362. The van der Waals surface area contributed by atoms with Gasteiger partial charge in [-0.25, -0.2) is 4.98 Å². The Morgan fingerprint density at radius 3 is 2.82 bits per heavy atom. The van der Waals surface area contributed by atoms with Gasteiger partial charge in [0.2, 0.25) is 0 Å². The topological polar surface area (TPSA) is 59.6 Å². The van der Waals surface area contributed by atoms with Gasteiger partial charge in [0.15, 0.2) is 11.5 Å². The quantitative estimate of drug-likeness (QED) is 0.495.